The summed E-state index contributed by atoms with van der Waals surface area (Å²) in [5.74, 6) is 0.626. The number of nitrogens with one attached hydrogen (secondary N) is 1. The number of nitrogens with zero attached hydrogens (tertiary/aromatic N) is 2. The molecule has 128 valence electrons. The number of urea groups is 1. The minimum absolute atomic E-state index is 0.0320. The van der Waals surface area contributed by atoms with Crippen LogP contribution in [-0.2, 0) is 16.0 Å². The Morgan fingerprint density at radius 1 is 1.29 bits per heavy atom. The number of benzene rings is 1. The number of hydrogen-bond acceptors (Lipinski definition) is 4. The summed E-state index contributed by atoms with van der Waals surface area (Å²) < 4.78 is 5.56. The van der Waals surface area contributed by atoms with Gasteiger partial charge in [-0.3, -0.25) is 14.5 Å². The SMILES string of the molecule is CCOc1ccccc1CCC(=O)N1CC(N2C(=O)CNC2=O)C1. The maximum absolute atomic E-state index is 12.3. The Balaban J connectivity index is 1.49. The summed E-state index contributed by atoms with van der Waals surface area (Å²) in [6.07, 6.45) is 0.996. The van der Waals surface area contributed by atoms with Crippen LogP contribution in [0.3, 0.4) is 0 Å². The second-order valence-electron chi connectivity index (χ2n) is 5.92. The molecule has 2 aliphatic heterocycles. The Hall–Kier alpha value is -2.57. The van der Waals surface area contributed by atoms with Gasteiger partial charge in [0.25, 0.3) is 0 Å². The highest BCUT2D eigenvalue weighted by Gasteiger charge is 2.42. The summed E-state index contributed by atoms with van der Waals surface area (Å²) in [5, 5.41) is 2.50. The van der Waals surface area contributed by atoms with Crippen LogP contribution in [0.4, 0.5) is 4.79 Å². The highest BCUT2D eigenvalue weighted by Crippen LogP contribution is 2.22. The van der Waals surface area contributed by atoms with Gasteiger partial charge in [-0.2, -0.15) is 0 Å². The molecule has 0 aliphatic carbocycles. The molecule has 2 saturated heterocycles. The van der Waals surface area contributed by atoms with Gasteiger partial charge in [-0.1, -0.05) is 18.2 Å². The molecular weight excluding hydrogens is 310 g/mol. The lowest BCUT2D eigenvalue weighted by molar-refractivity contribution is -0.142. The summed E-state index contributed by atoms with van der Waals surface area (Å²) in [7, 11) is 0. The van der Waals surface area contributed by atoms with E-state index in [0.717, 1.165) is 11.3 Å². The van der Waals surface area contributed by atoms with Crippen LogP contribution in [0.1, 0.15) is 18.9 Å². The molecule has 0 spiro atoms. The summed E-state index contributed by atoms with van der Waals surface area (Å²) in [4.78, 5) is 38.4. The maximum Gasteiger partial charge on any atom is 0.324 e. The van der Waals surface area contributed by atoms with Crippen LogP contribution < -0.4 is 10.1 Å². The van der Waals surface area contributed by atoms with Crippen LogP contribution in [0.2, 0.25) is 0 Å². The standard InChI is InChI=1S/C17H21N3O4/c1-2-24-14-6-4-3-5-12(14)7-8-15(21)19-10-13(11-19)20-16(22)9-18-17(20)23/h3-6,13H,2,7-11H2,1H3,(H,18,23). The highest BCUT2D eigenvalue weighted by atomic mass is 16.5. The fourth-order valence-electron chi connectivity index (χ4n) is 3.03. The first kappa shape index (κ1) is 16.3. The molecule has 2 heterocycles. The van der Waals surface area contributed by atoms with Crippen molar-refractivity contribution in [2.75, 3.05) is 26.2 Å². The topological polar surface area (TPSA) is 79.0 Å². The van der Waals surface area contributed by atoms with Crippen molar-refractivity contribution in [3.63, 3.8) is 0 Å². The average molecular weight is 331 g/mol. The van der Waals surface area contributed by atoms with Gasteiger partial charge in [0.2, 0.25) is 11.8 Å². The van der Waals surface area contributed by atoms with E-state index in [1.807, 2.05) is 31.2 Å². The number of carbonyl (C=O) groups is 3. The third-order valence-electron chi connectivity index (χ3n) is 4.34. The monoisotopic (exact) mass is 331 g/mol. The zero-order valence-electron chi connectivity index (χ0n) is 13.7. The predicted molar refractivity (Wildman–Crippen MR) is 86.5 cm³/mol. The number of carbonyl (C=O) groups excluding carboxylic acids is 3. The molecule has 4 amide bonds. The lowest BCUT2D eigenvalue weighted by Crippen LogP contribution is -2.62. The molecule has 2 aliphatic rings. The van der Waals surface area contributed by atoms with E-state index in [4.69, 9.17) is 4.74 Å². The predicted octanol–water partition coefficient (Wildman–Crippen LogP) is 0.781. The number of hydrogen-bond donors (Lipinski definition) is 1. The second kappa shape index (κ2) is 6.90. The van der Waals surface area contributed by atoms with Crippen molar-refractivity contribution in [1.29, 1.82) is 0 Å². The van der Waals surface area contributed by atoms with E-state index >= 15 is 0 Å². The van der Waals surface area contributed by atoms with E-state index in [-0.39, 0.29) is 30.4 Å². The van der Waals surface area contributed by atoms with Crippen molar-refractivity contribution in [3.05, 3.63) is 29.8 Å². The molecule has 1 N–H and O–H groups in total. The zero-order valence-corrected chi connectivity index (χ0v) is 13.7. The molecule has 1 aromatic carbocycles. The molecular formula is C17H21N3O4. The van der Waals surface area contributed by atoms with Gasteiger partial charge in [-0.25, -0.2) is 4.79 Å². The highest BCUT2D eigenvalue weighted by molar-refractivity contribution is 6.02. The van der Waals surface area contributed by atoms with Crippen molar-refractivity contribution < 1.29 is 19.1 Å². The molecule has 0 aromatic heterocycles. The van der Waals surface area contributed by atoms with E-state index < -0.39 is 0 Å². The average Bonchev–Trinajstić information content (AvgIpc) is 2.85. The normalized spacial score (nSPS) is 17.7. The van der Waals surface area contributed by atoms with Crippen LogP contribution in [0.5, 0.6) is 5.75 Å². The lowest BCUT2D eigenvalue weighted by atomic mass is 10.0. The first-order valence-electron chi connectivity index (χ1n) is 8.18. The Kier molecular flexibility index (Phi) is 4.69. The summed E-state index contributed by atoms with van der Waals surface area (Å²) in [5.41, 5.74) is 1.01. The van der Waals surface area contributed by atoms with Gasteiger partial charge in [-0.15, -0.1) is 0 Å². The molecule has 1 aromatic rings. The van der Waals surface area contributed by atoms with E-state index in [1.165, 1.54) is 4.90 Å². The number of para-hydroxylation sites is 1. The van der Waals surface area contributed by atoms with Crippen molar-refractivity contribution in [1.82, 2.24) is 15.1 Å². The molecule has 0 unspecified atom stereocenters. The fourth-order valence-corrected chi connectivity index (χ4v) is 3.03. The molecule has 24 heavy (non-hydrogen) atoms. The number of ether oxygens (including phenoxy) is 1. The van der Waals surface area contributed by atoms with E-state index in [0.29, 0.717) is 32.5 Å². The second-order valence-corrected chi connectivity index (χ2v) is 5.92. The van der Waals surface area contributed by atoms with Crippen LogP contribution in [0.15, 0.2) is 24.3 Å². The number of amides is 4. The van der Waals surface area contributed by atoms with E-state index in [2.05, 4.69) is 5.32 Å². The minimum Gasteiger partial charge on any atom is -0.494 e. The molecule has 3 rings (SSSR count). The third-order valence-corrected chi connectivity index (χ3v) is 4.34. The zero-order chi connectivity index (χ0) is 17.1. The smallest absolute Gasteiger partial charge is 0.324 e. The van der Waals surface area contributed by atoms with Gasteiger partial charge >= 0.3 is 6.03 Å². The summed E-state index contributed by atoms with van der Waals surface area (Å²) in [6.45, 7) is 3.41. The van der Waals surface area contributed by atoms with Crippen molar-refractivity contribution in [2.45, 2.75) is 25.8 Å². The number of aryl methyl sites for hydroxylation is 1. The Bertz CT molecular complexity index is 639. The molecule has 7 nitrogen and oxygen atoms in total. The first-order valence-corrected chi connectivity index (χ1v) is 8.18. The molecule has 2 fully saturated rings. The Morgan fingerprint density at radius 2 is 2.04 bits per heavy atom. The van der Waals surface area contributed by atoms with E-state index in [1.54, 1.807) is 4.90 Å². The number of imide groups is 1. The molecule has 0 saturated carbocycles. The van der Waals surface area contributed by atoms with Crippen LogP contribution >= 0.6 is 0 Å². The molecule has 0 radical (unpaired) electrons. The van der Waals surface area contributed by atoms with Crippen LogP contribution in [0, 0.1) is 0 Å². The van der Waals surface area contributed by atoms with Crippen LogP contribution in [0.25, 0.3) is 0 Å². The number of likely N-dealkylation sites (tertiary alicyclic amines) is 1. The summed E-state index contributed by atoms with van der Waals surface area (Å²) in [6, 6.07) is 7.15. The molecule has 7 heteroatoms. The maximum atomic E-state index is 12.3. The van der Waals surface area contributed by atoms with Gasteiger partial charge in [0.05, 0.1) is 19.2 Å². The van der Waals surface area contributed by atoms with Gasteiger partial charge in [0.1, 0.15) is 5.75 Å². The molecule has 0 bridgehead atoms. The minimum atomic E-state index is -0.359. The van der Waals surface area contributed by atoms with Crippen molar-refractivity contribution >= 4 is 17.8 Å². The lowest BCUT2D eigenvalue weighted by Gasteiger charge is -2.42. The Morgan fingerprint density at radius 3 is 2.71 bits per heavy atom. The first-order chi connectivity index (χ1) is 11.6. The van der Waals surface area contributed by atoms with Gasteiger partial charge in [0, 0.05) is 19.5 Å². The Labute approximate surface area is 140 Å². The quantitative estimate of drug-likeness (QED) is 0.782. The molecule has 0 atom stereocenters. The third kappa shape index (κ3) is 3.20. The van der Waals surface area contributed by atoms with Crippen LogP contribution in [-0.4, -0.2) is 59.9 Å². The summed E-state index contributed by atoms with van der Waals surface area (Å²) >= 11 is 0. The van der Waals surface area contributed by atoms with Crippen molar-refractivity contribution in [2.24, 2.45) is 0 Å². The largest absolute Gasteiger partial charge is 0.494 e. The van der Waals surface area contributed by atoms with Gasteiger partial charge < -0.3 is 15.0 Å². The van der Waals surface area contributed by atoms with E-state index in [9.17, 15) is 14.4 Å². The van der Waals surface area contributed by atoms with Gasteiger partial charge in [-0.05, 0) is 25.0 Å². The number of rotatable bonds is 6. The fraction of sp³-hybridized carbons (Fsp3) is 0.471. The van der Waals surface area contributed by atoms with Crippen molar-refractivity contribution in [3.8, 4) is 5.75 Å². The van der Waals surface area contributed by atoms with Gasteiger partial charge in [0.15, 0.2) is 0 Å².